The molecule has 0 amide bonds. The first-order chi connectivity index (χ1) is 8.17. The average Bonchev–Trinajstić information content (AvgIpc) is 3.11. The number of halogens is 1. The summed E-state index contributed by atoms with van der Waals surface area (Å²) >= 11 is 8.65. The molecule has 1 aromatic rings. The minimum atomic E-state index is 0.0143. The molecule has 1 atom stereocenters. The molecular formula is C11H15BrN2O2S. The molecule has 0 bridgehead atoms. The fraction of sp³-hybridized carbons (Fsp3) is 0.636. The lowest BCUT2D eigenvalue weighted by Gasteiger charge is -2.15. The van der Waals surface area contributed by atoms with Gasteiger partial charge in [0.2, 0.25) is 0 Å². The third kappa shape index (κ3) is 2.93. The fourth-order valence-electron chi connectivity index (χ4n) is 1.83. The van der Waals surface area contributed by atoms with Gasteiger partial charge >= 0.3 is 0 Å². The molecule has 1 N–H and O–H groups in total. The molecule has 0 radical (unpaired) electrons. The van der Waals surface area contributed by atoms with Gasteiger partial charge < -0.3 is 14.5 Å². The van der Waals surface area contributed by atoms with Crippen molar-refractivity contribution in [1.82, 2.24) is 9.97 Å². The molecule has 1 aromatic heterocycles. The van der Waals surface area contributed by atoms with Gasteiger partial charge in [-0.25, -0.2) is 4.98 Å². The Labute approximate surface area is 114 Å². The van der Waals surface area contributed by atoms with E-state index in [1.807, 2.05) is 0 Å². The highest BCUT2D eigenvalue weighted by Crippen LogP contribution is 2.42. The van der Waals surface area contributed by atoms with Gasteiger partial charge in [-0.2, -0.15) is 0 Å². The summed E-state index contributed by atoms with van der Waals surface area (Å²) in [5.41, 5.74) is 0.908. The van der Waals surface area contributed by atoms with Crippen molar-refractivity contribution in [3.8, 4) is 0 Å². The quantitative estimate of drug-likeness (QED) is 0.847. The molecule has 1 fully saturated rings. The number of aromatic nitrogens is 2. The molecule has 17 heavy (non-hydrogen) atoms. The van der Waals surface area contributed by atoms with Crippen LogP contribution in [0.2, 0.25) is 0 Å². The van der Waals surface area contributed by atoms with E-state index in [2.05, 4.69) is 25.9 Å². The van der Waals surface area contributed by atoms with Gasteiger partial charge in [0.25, 0.3) is 0 Å². The third-order valence-electron chi connectivity index (χ3n) is 2.82. The minimum absolute atomic E-state index is 0.0143. The molecule has 2 rings (SSSR count). The Morgan fingerprint density at radius 1 is 1.53 bits per heavy atom. The van der Waals surface area contributed by atoms with Gasteiger partial charge in [-0.3, -0.25) is 0 Å². The summed E-state index contributed by atoms with van der Waals surface area (Å²) in [5.74, 6) is 1.37. The van der Waals surface area contributed by atoms with E-state index in [1.165, 1.54) is 12.8 Å². The highest BCUT2D eigenvalue weighted by molar-refractivity contribution is 9.10. The predicted molar refractivity (Wildman–Crippen MR) is 70.3 cm³/mol. The molecule has 0 saturated heterocycles. The Kier molecular flexibility index (Phi) is 4.30. The lowest BCUT2D eigenvalue weighted by Crippen LogP contribution is -2.11. The van der Waals surface area contributed by atoms with Crippen molar-refractivity contribution in [2.75, 3.05) is 14.2 Å². The normalized spacial score (nSPS) is 17.1. The number of aromatic amines is 1. The number of hydrogen-bond acceptors (Lipinski definition) is 4. The second kappa shape index (κ2) is 5.56. The van der Waals surface area contributed by atoms with E-state index in [-0.39, 0.29) is 6.10 Å². The molecule has 0 aliphatic heterocycles. The number of hydrogen-bond donors (Lipinski definition) is 1. The van der Waals surface area contributed by atoms with Crippen molar-refractivity contribution in [2.24, 2.45) is 5.92 Å². The predicted octanol–water partition coefficient (Wildman–Crippen LogP) is 3.15. The molecule has 1 unspecified atom stereocenters. The Hall–Kier alpha value is -0.300. The molecule has 6 heteroatoms. The average molecular weight is 319 g/mol. The Morgan fingerprint density at radius 3 is 2.76 bits per heavy atom. The summed E-state index contributed by atoms with van der Waals surface area (Å²) in [5, 5.41) is 0. The van der Waals surface area contributed by atoms with Crippen LogP contribution in [0.4, 0.5) is 0 Å². The van der Waals surface area contributed by atoms with Crippen LogP contribution in [0, 0.1) is 10.6 Å². The third-order valence-corrected chi connectivity index (χ3v) is 4.23. The number of ether oxygens (including phenoxy) is 2. The van der Waals surface area contributed by atoms with Crippen molar-refractivity contribution < 1.29 is 9.47 Å². The molecule has 94 valence electrons. The van der Waals surface area contributed by atoms with Gasteiger partial charge in [-0.15, -0.1) is 0 Å². The number of nitrogens with one attached hydrogen (secondary N) is 1. The zero-order valence-electron chi connectivity index (χ0n) is 9.83. The summed E-state index contributed by atoms with van der Waals surface area (Å²) in [6.45, 7) is 0.473. The highest BCUT2D eigenvalue weighted by Gasteiger charge is 2.34. The molecular weight excluding hydrogens is 304 g/mol. The number of methoxy groups -OCH3 is 2. The van der Waals surface area contributed by atoms with Crippen LogP contribution in [0.25, 0.3) is 0 Å². The van der Waals surface area contributed by atoms with Crippen LogP contribution in [0.5, 0.6) is 0 Å². The Balaban J connectivity index is 2.36. The molecule has 1 aliphatic carbocycles. The highest BCUT2D eigenvalue weighted by atomic mass is 79.9. The van der Waals surface area contributed by atoms with Crippen LogP contribution in [-0.2, 0) is 16.1 Å². The fourth-order valence-corrected chi connectivity index (χ4v) is 2.35. The lowest BCUT2D eigenvalue weighted by molar-refractivity contribution is 0.0762. The van der Waals surface area contributed by atoms with Crippen LogP contribution < -0.4 is 0 Å². The van der Waals surface area contributed by atoms with Gasteiger partial charge in [-0.1, -0.05) is 12.2 Å². The van der Waals surface area contributed by atoms with Crippen molar-refractivity contribution in [2.45, 2.75) is 25.6 Å². The van der Waals surface area contributed by atoms with Crippen molar-refractivity contribution in [3.05, 3.63) is 20.6 Å². The molecule has 1 aliphatic rings. The van der Waals surface area contributed by atoms with E-state index in [0.717, 1.165) is 16.0 Å². The number of nitrogens with zero attached hydrogens (tertiary/aromatic N) is 1. The molecule has 1 saturated carbocycles. The summed E-state index contributed by atoms with van der Waals surface area (Å²) in [6, 6.07) is 0. The topological polar surface area (TPSA) is 47.1 Å². The van der Waals surface area contributed by atoms with Crippen LogP contribution in [0.1, 0.15) is 30.5 Å². The summed E-state index contributed by atoms with van der Waals surface area (Å²) < 4.78 is 12.0. The maximum atomic E-state index is 5.49. The lowest BCUT2D eigenvalue weighted by atomic mass is 10.2. The summed E-state index contributed by atoms with van der Waals surface area (Å²) in [6.07, 6.45) is 2.40. The molecule has 1 heterocycles. The number of H-pyrrole nitrogens is 1. The van der Waals surface area contributed by atoms with Crippen molar-refractivity contribution in [3.63, 3.8) is 0 Å². The zero-order chi connectivity index (χ0) is 12.4. The van der Waals surface area contributed by atoms with Crippen LogP contribution >= 0.6 is 28.1 Å². The minimum Gasteiger partial charge on any atom is -0.378 e. The van der Waals surface area contributed by atoms with Gasteiger partial charge in [-0.05, 0) is 34.7 Å². The Morgan fingerprint density at radius 2 is 2.24 bits per heavy atom. The largest absolute Gasteiger partial charge is 0.378 e. The second-order valence-electron chi connectivity index (χ2n) is 4.15. The molecule has 0 aromatic carbocycles. The summed E-state index contributed by atoms with van der Waals surface area (Å²) in [4.78, 5) is 7.63. The van der Waals surface area contributed by atoms with Gasteiger partial charge in [0, 0.05) is 14.2 Å². The van der Waals surface area contributed by atoms with Gasteiger partial charge in [0.05, 0.1) is 16.8 Å². The molecule has 4 nitrogen and oxygen atoms in total. The van der Waals surface area contributed by atoms with Gasteiger partial charge in [0.15, 0.2) is 0 Å². The smallest absolute Gasteiger partial charge is 0.144 e. The van der Waals surface area contributed by atoms with Crippen molar-refractivity contribution >= 4 is 28.1 Å². The Bertz CT molecular complexity index is 459. The van der Waals surface area contributed by atoms with Gasteiger partial charge in [0.1, 0.15) is 16.6 Å². The van der Waals surface area contributed by atoms with E-state index in [1.54, 1.807) is 14.2 Å². The standard InChI is InChI=1S/C11H15BrN2O2S/c1-15-5-7-8(12)11(17)14-10(13-7)9(16-2)6-3-4-6/h6,9H,3-5H2,1-2H3,(H,13,14,17). The van der Waals surface area contributed by atoms with Crippen LogP contribution in [0.3, 0.4) is 0 Å². The maximum absolute atomic E-state index is 5.49. The molecule has 0 spiro atoms. The van der Waals surface area contributed by atoms with E-state index in [0.29, 0.717) is 17.2 Å². The number of rotatable bonds is 5. The second-order valence-corrected chi connectivity index (χ2v) is 5.33. The van der Waals surface area contributed by atoms with E-state index < -0.39 is 0 Å². The first-order valence-corrected chi connectivity index (χ1v) is 6.67. The maximum Gasteiger partial charge on any atom is 0.144 e. The van der Waals surface area contributed by atoms with E-state index in [4.69, 9.17) is 21.7 Å². The van der Waals surface area contributed by atoms with E-state index in [9.17, 15) is 0 Å². The SMILES string of the molecule is COCc1[nH]c(C(OC)C2CC2)nc(=S)c1Br. The van der Waals surface area contributed by atoms with Crippen molar-refractivity contribution in [1.29, 1.82) is 0 Å². The monoisotopic (exact) mass is 318 g/mol. The zero-order valence-corrected chi connectivity index (χ0v) is 12.2. The first kappa shape index (κ1) is 13.1. The van der Waals surface area contributed by atoms with Crippen LogP contribution in [-0.4, -0.2) is 24.2 Å². The van der Waals surface area contributed by atoms with E-state index >= 15 is 0 Å². The van der Waals surface area contributed by atoms with Crippen LogP contribution in [0.15, 0.2) is 4.47 Å². The summed E-state index contributed by atoms with van der Waals surface area (Å²) in [7, 11) is 3.36. The first-order valence-electron chi connectivity index (χ1n) is 5.47.